The van der Waals surface area contributed by atoms with Crippen LogP contribution in [-0.2, 0) is 9.59 Å². The molecule has 94 valence electrons. The van der Waals surface area contributed by atoms with Crippen molar-refractivity contribution >= 4 is 11.8 Å². The second-order valence-electron chi connectivity index (χ2n) is 4.80. The summed E-state index contributed by atoms with van der Waals surface area (Å²) < 4.78 is 0. The number of carbonyl (C=O) groups excluding carboxylic acids is 2. The minimum Gasteiger partial charge on any atom is -0.370 e. The van der Waals surface area contributed by atoms with E-state index in [1.807, 2.05) is 27.7 Å². The molecule has 0 aliphatic rings. The summed E-state index contributed by atoms with van der Waals surface area (Å²) in [7, 11) is 0. The Balaban J connectivity index is 4.34. The van der Waals surface area contributed by atoms with Gasteiger partial charge in [0.05, 0.1) is 12.5 Å². The van der Waals surface area contributed by atoms with Crippen molar-refractivity contribution in [1.29, 1.82) is 0 Å². The molecule has 0 radical (unpaired) electrons. The highest BCUT2D eigenvalue weighted by molar-refractivity contribution is 5.87. The van der Waals surface area contributed by atoms with Gasteiger partial charge in [-0.05, 0) is 11.8 Å². The van der Waals surface area contributed by atoms with Gasteiger partial charge in [0.15, 0.2) is 0 Å². The zero-order valence-electron chi connectivity index (χ0n) is 10.5. The molecule has 0 unspecified atom stereocenters. The van der Waals surface area contributed by atoms with Crippen LogP contribution in [0.15, 0.2) is 0 Å². The van der Waals surface area contributed by atoms with Crippen LogP contribution in [0.3, 0.4) is 0 Å². The van der Waals surface area contributed by atoms with Crippen molar-refractivity contribution in [3.8, 4) is 0 Å². The molecule has 0 aromatic carbocycles. The molecule has 0 aliphatic heterocycles. The van der Waals surface area contributed by atoms with Crippen LogP contribution in [0.1, 0.15) is 34.1 Å². The van der Waals surface area contributed by atoms with Gasteiger partial charge in [0.1, 0.15) is 0 Å². The van der Waals surface area contributed by atoms with E-state index in [-0.39, 0.29) is 18.4 Å². The topological polar surface area (TPSA) is 98.2 Å². The van der Waals surface area contributed by atoms with Gasteiger partial charge in [-0.3, -0.25) is 9.59 Å². The lowest BCUT2D eigenvalue weighted by molar-refractivity contribution is -0.127. The fourth-order valence-corrected chi connectivity index (χ4v) is 1.68. The van der Waals surface area contributed by atoms with E-state index in [0.29, 0.717) is 11.8 Å². The Bertz CT molecular complexity index is 244. The van der Waals surface area contributed by atoms with Crippen LogP contribution in [0.2, 0.25) is 0 Å². The Morgan fingerprint density at radius 2 is 1.56 bits per heavy atom. The summed E-state index contributed by atoms with van der Waals surface area (Å²) in [5.74, 6) is -0.228. The maximum absolute atomic E-state index is 11.7. The lowest BCUT2D eigenvalue weighted by Crippen LogP contribution is -2.50. The van der Waals surface area contributed by atoms with Crippen LogP contribution in [0.25, 0.3) is 0 Å². The van der Waals surface area contributed by atoms with E-state index < -0.39 is 11.9 Å². The molecule has 5 nitrogen and oxygen atoms in total. The molecule has 0 aromatic heterocycles. The molecule has 0 heterocycles. The number of rotatable bonds is 6. The number of carbonyl (C=O) groups is 2. The zero-order valence-corrected chi connectivity index (χ0v) is 10.5. The van der Waals surface area contributed by atoms with Crippen LogP contribution in [-0.4, -0.2) is 23.9 Å². The van der Waals surface area contributed by atoms with E-state index >= 15 is 0 Å². The summed E-state index contributed by atoms with van der Waals surface area (Å²) in [5, 5.41) is 2.85. The molecule has 0 rings (SSSR count). The largest absolute Gasteiger partial charge is 0.370 e. The van der Waals surface area contributed by atoms with E-state index in [2.05, 4.69) is 5.32 Å². The molecule has 16 heavy (non-hydrogen) atoms. The predicted molar refractivity (Wildman–Crippen MR) is 63.4 cm³/mol. The molecule has 0 saturated heterocycles. The quantitative estimate of drug-likeness (QED) is 0.597. The number of hydrogen-bond acceptors (Lipinski definition) is 3. The van der Waals surface area contributed by atoms with E-state index in [1.165, 1.54) is 0 Å². The molecular formula is C11H23N3O2. The number of hydrogen-bond donors (Lipinski definition) is 3. The highest BCUT2D eigenvalue weighted by atomic mass is 16.2. The number of nitrogens with two attached hydrogens (primary N) is 2. The molecular weight excluding hydrogens is 206 g/mol. The molecule has 0 saturated carbocycles. The first-order valence-corrected chi connectivity index (χ1v) is 5.60. The molecule has 0 fully saturated rings. The Morgan fingerprint density at radius 1 is 1.12 bits per heavy atom. The first kappa shape index (κ1) is 14.9. The van der Waals surface area contributed by atoms with E-state index in [9.17, 15) is 9.59 Å². The third kappa shape index (κ3) is 5.11. The summed E-state index contributed by atoms with van der Waals surface area (Å²) in [6, 6.07) is -0.788. The Labute approximate surface area is 96.9 Å². The van der Waals surface area contributed by atoms with Crippen molar-refractivity contribution in [3.63, 3.8) is 0 Å². The molecule has 0 bridgehead atoms. The van der Waals surface area contributed by atoms with Gasteiger partial charge in [0, 0.05) is 6.04 Å². The number of primary amides is 1. The third-order valence-corrected chi connectivity index (χ3v) is 2.50. The average Bonchev–Trinajstić information content (AvgIpc) is 2.11. The van der Waals surface area contributed by atoms with Crippen molar-refractivity contribution in [2.45, 2.75) is 46.2 Å². The van der Waals surface area contributed by atoms with Crippen LogP contribution in [0.5, 0.6) is 0 Å². The molecule has 0 aromatic rings. The highest BCUT2D eigenvalue weighted by Crippen LogP contribution is 2.11. The first-order chi connectivity index (χ1) is 7.25. The molecule has 0 aliphatic carbocycles. The Kier molecular flexibility index (Phi) is 6.03. The molecule has 0 spiro atoms. The minimum atomic E-state index is -0.850. The van der Waals surface area contributed by atoms with Gasteiger partial charge < -0.3 is 16.8 Å². The van der Waals surface area contributed by atoms with Gasteiger partial charge in [0.2, 0.25) is 11.8 Å². The van der Waals surface area contributed by atoms with Crippen molar-refractivity contribution in [3.05, 3.63) is 0 Å². The second-order valence-corrected chi connectivity index (χ2v) is 4.80. The van der Waals surface area contributed by atoms with Crippen molar-refractivity contribution in [2.75, 3.05) is 0 Å². The number of nitrogens with one attached hydrogen (secondary N) is 1. The fourth-order valence-electron chi connectivity index (χ4n) is 1.68. The van der Waals surface area contributed by atoms with E-state index in [1.54, 1.807) is 0 Å². The summed E-state index contributed by atoms with van der Waals surface area (Å²) in [4.78, 5) is 22.3. The molecule has 5 heteroatoms. The first-order valence-electron chi connectivity index (χ1n) is 5.60. The van der Waals surface area contributed by atoms with E-state index in [0.717, 1.165) is 0 Å². The highest BCUT2D eigenvalue weighted by Gasteiger charge is 2.23. The second kappa shape index (κ2) is 6.48. The normalized spacial score (nSPS) is 13.2. The third-order valence-electron chi connectivity index (χ3n) is 2.50. The molecule has 2 amide bonds. The summed E-state index contributed by atoms with van der Waals surface area (Å²) >= 11 is 0. The summed E-state index contributed by atoms with van der Waals surface area (Å²) in [5.41, 5.74) is 10.5. The van der Waals surface area contributed by atoms with E-state index in [4.69, 9.17) is 11.5 Å². The maximum Gasteiger partial charge on any atom is 0.237 e. The standard InChI is InChI=1S/C11H23N3O2/c1-6(2)10(7(3)4)14-11(16)8(12)5-9(13)15/h6-8,10H,5,12H2,1-4H3,(H2,13,15)(H,14,16)/t8-/m0/s1. The molecule has 1 atom stereocenters. The Morgan fingerprint density at radius 3 is 1.88 bits per heavy atom. The minimum absolute atomic E-state index is 0.0615. The smallest absolute Gasteiger partial charge is 0.237 e. The van der Waals surface area contributed by atoms with Crippen LogP contribution in [0, 0.1) is 11.8 Å². The average molecular weight is 229 g/mol. The fraction of sp³-hybridized carbons (Fsp3) is 0.818. The lowest BCUT2D eigenvalue weighted by Gasteiger charge is -2.27. The Hall–Kier alpha value is -1.10. The van der Waals surface area contributed by atoms with Crippen LogP contribution >= 0.6 is 0 Å². The van der Waals surface area contributed by atoms with Gasteiger partial charge in [-0.25, -0.2) is 0 Å². The van der Waals surface area contributed by atoms with Gasteiger partial charge in [-0.2, -0.15) is 0 Å². The SMILES string of the molecule is CC(C)C(NC(=O)[C@@H](N)CC(N)=O)C(C)C. The lowest BCUT2D eigenvalue weighted by atomic mass is 9.93. The number of amides is 2. The van der Waals surface area contributed by atoms with Crippen molar-refractivity contribution in [1.82, 2.24) is 5.32 Å². The van der Waals surface area contributed by atoms with Gasteiger partial charge >= 0.3 is 0 Å². The van der Waals surface area contributed by atoms with Crippen molar-refractivity contribution < 1.29 is 9.59 Å². The van der Waals surface area contributed by atoms with Crippen LogP contribution < -0.4 is 16.8 Å². The predicted octanol–water partition coefficient (Wildman–Crippen LogP) is -0.0141. The van der Waals surface area contributed by atoms with Gasteiger partial charge in [-0.15, -0.1) is 0 Å². The maximum atomic E-state index is 11.7. The summed E-state index contributed by atoms with van der Waals surface area (Å²) in [6.07, 6.45) is -0.116. The van der Waals surface area contributed by atoms with Gasteiger partial charge in [0.25, 0.3) is 0 Å². The zero-order chi connectivity index (χ0) is 12.9. The monoisotopic (exact) mass is 229 g/mol. The van der Waals surface area contributed by atoms with Crippen molar-refractivity contribution in [2.24, 2.45) is 23.3 Å². The van der Waals surface area contributed by atoms with Crippen LogP contribution in [0.4, 0.5) is 0 Å². The molecule has 5 N–H and O–H groups in total. The summed E-state index contributed by atoms with van der Waals surface area (Å²) in [6.45, 7) is 8.13. The van der Waals surface area contributed by atoms with Gasteiger partial charge in [-0.1, -0.05) is 27.7 Å².